The number of likely N-dealkylation sites (tertiary alicyclic amines) is 1. The van der Waals surface area contributed by atoms with E-state index in [1.165, 1.54) is 45.3 Å². The Morgan fingerprint density at radius 2 is 2.22 bits per heavy atom. The molecule has 1 N–H and O–H groups in total. The van der Waals surface area contributed by atoms with Crippen LogP contribution in [0.4, 0.5) is 0 Å². The van der Waals surface area contributed by atoms with E-state index < -0.39 is 0 Å². The van der Waals surface area contributed by atoms with Crippen molar-refractivity contribution in [2.75, 3.05) is 19.6 Å². The van der Waals surface area contributed by atoms with E-state index in [0.29, 0.717) is 0 Å². The van der Waals surface area contributed by atoms with Crippen LogP contribution < -0.4 is 5.32 Å². The smallest absolute Gasteiger partial charge is 0.122 e. The van der Waals surface area contributed by atoms with E-state index in [-0.39, 0.29) is 0 Å². The molecular formula is C13H22N4O. The highest BCUT2D eigenvalue weighted by atomic mass is 16.6. The van der Waals surface area contributed by atoms with Crippen LogP contribution >= 0.6 is 0 Å². The Balaban J connectivity index is 1.48. The molecule has 5 nitrogen and oxygen atoms in total. The Labute approximate surface area is 108 Å². The van der Waals surface area contributed by atoms with Crippen LogP contribution in [0.3, 0.4) is 0 Å². The van der Waals surface area contributed by atoms with Gasteiger partial charge in [0.15, 0.2) is 0 Å². The summed E-state index contributed by atoms with van der Waals surface area (Å²) < 4.78 is 4.76. The molecule has 1 aliphatic heterocycles. The molecule has 100 valence electrons. The molecule has 1 aromatic heterocycles. The third kappa shape index (κ3) is 3.09. The molecule has 0 bridgehead atoms. The minimum atomic E-state index is 0.791. The Bertz CT molecular complexity index is 388. The SMILES string of the molecule is Cc1nonc1CN1CCCC(CNC2CC2)C1. The van der Waals surface area contributed by atoms with Crippen LogP contribution in [0.25, 0.3) is 0 Å². The monoisotopic (exact) mass is 250 g/mol. The number of piperidine rings is 1. The van der Waals surface area contributed by atoms with Gasteiger partial charge in [0.2, 0.25) is 0 Å². The summed E-state index contributed by atoms with van der Waals surface area (Å²) in [6, 6.07) is 0.822. The molecule has 0 radical (unpaired) electrons. The molecule has 1 saturated carbocycles. The molecule has 1 unspecified atom stereocenters. The summed E-state index contributed by atoms with van der Waals surface area (Å²) in [5, 5.41) is 11.5. The number of aromatic nitrogens is 2. The molecule has 2 aliphatic rings. The Morgan fingerprint density at radius 3 is 2.94 bits per heavy atom. The van der Waals surface area contributed by atoms with Crippen molar-refractivity contribution in [3.05, 3.63) is 11.4 Å². The molecule has 18 heavy (non-hydrogen) atoms. The zero-order valence-electron chi connectivity index (χ0n) is 11.1. The van der Waals surface area contributed by atoms with Crippen molar-refractivity contribution in [1.82, 2.24) is 20.5 Å². The number of aryl methyl sites for hydroxylation is 1. The fourth-order valence-electron chi connectivity index (χ4n) is 2.69. The van der Waals surface area contributed by atoms with Gasteiger partial charge in [-0.25, -0.2) is 4.63 Å². The lowest BCUT2D eigenvalue weighted by atomic mass is 9.98. The van der Waals surface area contributed by atoms with E-state index in [4.69, 9.17) is 4.63 Å². The molecule has 0 aromatic carbocycles. The number of hydrogen-bond donors (Lipinski definition) is 1. The van der Waals surface area contributed by atoms with E-state index in [1.807, 2.05) is 6.92 Å². The van der Waals surface area contributed by atoms with Crippen molar-refractivity contribution >= 4 is 0 Å². The maximum absolute atomic E-state index is 4.76. The standard InChI is InChI=1S/C13H22N4O/c1-10-13(16-18-15-10)9-17-6-2-3-11(8-17)7-14-12-4-5-12/h11-12,14H,2-9H2,1H3. The average molecular weight is 250 g/mol. The van der Waals surface area contributed by atoms with Crippen molar-refractivity contribution < 1.29 is 4.63 Å². The van der Waals surface area contributed by atoms with Gasteiger partial charge in [0, 0.05) is 19.1 Å². The average Bonchev–Trinajstić information content (AvgIpc) is 3.13. The normalized spacial score (nSPS) is 25.5. The van der Waals surface area contributed by atoms with Crippen molar-refractivity contribution in [2.24, 2.45) is 5.92 Å². The molecule has 1 aliphatic carbocycles. The van der Waals surface area contributed by atoms with Crippen LogP contribution in [-0.4, -0.2) is 40.9 Å². The highest BCUT2D eigenvalue weighted by molar-refractivity contribution is 5.04. The van der Waals surface area contributed by atoms with Crippen LogP contribution in [0, 0.1) is 12.8 Å². The highest BCUT2D eigenvalue weighted by Gasteiger charge is 2.25. The van der Waals surface area contributed by atoms with Crippen molar-refractivity contribution in [3.8, 4) is 0 Å². The summed E-state index contributed by atoms with van der Waals surface area (Å²) in [5.41, 5.74) is 1.92. The molecule has 2 heterocycles. The Hall–Kier alpha value is -0.940. The van der Waals surface area contributed by atoms with Gasteiger partial charge >= 0.3 is 0 Å². The minimum Gasteiger partial charge on any atom is -0.314 e. The number of hydrogen-bond acceptors (Lipinski definition) is 5. The van der Waals surface area contributed by atoms with Gasteiger partial charge in [0.25, 0.3) is 0 Å². The highest BCUT2D eigenvalue weighted by Crippen LogP contribution is 2.22. The predicted molar refractivity (Wildman–Crippen MR) is 68.1 cm³/mol. The minimum absolute atomic E-state index is 0.791. The summed E-state index contributed by atoms with van der Waals surface area (Å²) in [6.45, 7) is 6.37. The first kappa shape index (κ1) is 12.1. The van der Waals surface area contributed by atoms with Gasteiger partial charge in [-0.15, -0.1) is 0 Å². The molecule has 5 heteroatoms. The van der Waals surface area contributed by atoms with Gasteiger partial charge in [-0.1, -0.05) is 10.3 Å². The lowest BCUT2D eigenvalue weighted by Gasteiger charge is -2.32. The maximum atomic E-state index is 4.76. The van der Waals surface area contributed by atoms with Gasteiger partial charge in [0.05, 0.1) is 0 Å². The quantitative estimate of drug-likeness (QED) is 0.854. The maximum Gasteiger partial charge on any atom is 0.122 e. The first-order chi connectivity index (χ1) is 8.81. The summed E-state index contributed by atoms with van der Waals surface area (Å²) in [4.78, 5) is 2.48. The summed E-state index contributed by atoms with van der Waals surface area (Å²) in [5.74, 6) is 0.791. The van der Waals surface area contributed by atoms with E-state index in [9.17, 15) is 0 Å². The van der Waals surface area contributed by atoms with E-state index in [0.717, 1.165) is 29.9 Å². The fraction of sp³-hybridized carbons (Fsp3) is 0.846. The fourth-order valence-corrected chi connectivity index (χ4v) is 2.69. The Morgan fingerprint density at radius 1 is 1.33 bits per heavy atom. The second-order valence-corrected chi connectivity index (χ2v) is 5.72. The zero-order chi connectivity index (χ0) is 12.4. The first-order valence-corrected chi connectivity index (χ1v) is 7.05. The number of nitrogens with one attached hydrogen (secondary N) is 1. The van der Waals surface area contributed by atoms with Crippen LogP contribution in [0.5, 0.6) is 0 Å². The summed E-state index contributed by atoms with van der Waals surface area (Å²) in [6.07, 6.45) is 5.40. The second-order valence-electron chi connectivity index (χ2n) is 5.72. The third-order valence-electron chi connectivity index (χ3n) is 4.00. The van der Waals surface area contributed by atoms with Crippen molar-refractivity contribution in [2.45, 2.75) is 45.2 Å². The number of rotatable bonds is 5. The zero-order valence-corrected chi connectivity index (χ0v) is 11.1. The molecule has 2 fully saturated rings. The molecule has 1 atom stereocenters. The first-order valence-electron chi connectivity index (χ1n) is 7.05. The van der Waals surface area contributed by atoms with E-state index in [2.05, 4.69) is 20.5 Å². The molecule has 0 amide bonds. The van der Waals surface area contributed by atoms with Gasteiger partial charge in [0.1, 0.15) is 11.4 Å². The van der Waals surface area contributed by atoms with E-state index in [1.54, 1.807) is 0 Å². The van der Waals surface area contributed by atoms with Gasteiger partial charge in [-0.2, -0.15) is 0 Å². The van der Waals surface area contributed by atoms with Crippen LogP contribution in [0.2, 0.25) is 0 Å². The lowest BCUT2D eigenvalue weighted by molar-refractivity contribution is 0.161. The number of nitrogens with zero attached hydrogens (tertiary/aromatic N) is 3. The largest absolute Gasteiger partial charge is 0.314 e. The van der Waals surface area contributed by atoms with E-state index >= 15 is 0 Å². The molecule has 1 saturated heterocycles. The molecule has 0 spiro atoms. The second kappa shape index (κ2) is 5.36. The van der Waals surface area contributed by atoms with Crippen LogP contribution in [-0.2, 0) is 6.54 Å². The lowest BCUT2D eigenvalue weighted by Crippen LogP contribution is -2.39. The van der Waals surface area contributed by atoms with Gasteiger partial charge < -0.3 is 5.32 Å². The predicted octanol–water partition coefficient (Wildman–Crippen LogP) is 1.34. The van der Waals surface area contributed by atoms with Crippen LogP contribution in [0.15, 0.2) is 4.63 Å². The summed E-state index contributed by atoms with van der Waals surface area (Å²) in [7, 11) is 0. The molecule has 1 aromatic rings. The topological polar surface area (TPSA) is 54.2 Å². The Kier molecular flexibility index (Phi) is 3.61. The third-order valence-corrected chi connectivity index (χ3v) is 4.00. The van der Waals surface area contributed by atoms with Crippen molar-refractivity contribution in [1.29, 1.82) is 0 Å². The molecular weight excluding hydrogens is 228 g/mol. The van der Waals surface area contributed by atoms with Gasteiger partial charge in [-0.05, 0) is 51.6 Å². The summed E-state index contributed by atoms with van der Waals surface area (Å²) >= 11 is 0. The molecule has 3 rings (SSSR count). The van der Waals surface area contributed by atoms with Crippen molar-refractivity contribution in [3.63, 3.8) is 0 Å². The van der Waals surface area contributed by atoms with Crippen LogP contribution in [0.1, 0.15) is 37.1 Å². The van der Waals surface area contributed by atoms with Gasteiger partial charge in [-0.3, -0.25) is 4.90 Å².